The molecule has 1 aliphatic heterocycles. The van der Waals surface area contributed by atoms with Gasteiger partial charge < -0.3 is 9.64 Å². The molecule has 0 aliphatic carbocycles. The number of aromatic nitrogens is 1. The summed E-state index contributed by atoms with van der Waals surface area (Å²) in [5.74, 6) is 0.721. The summed E-state index contributed by atoms with van der Waals surface area (Å²) in [7, 11) is 0. The standard InChI is InChI=1S/C23H26ClN3O2S/c1-15(2)26-10-12-27(13-11-26)22(28)16(3)17-4-7-19(8-5-17)29-23-25-20-9-6-18(24)14-21(20)30-23/h4-9,14-16H,10-13H2,1-3H3. The number of ether oxygens (including phenoxy) is 1. The molecule has 1 amide bonds. The van der Waals surface area contributed by atoms with Crippen molar-refractivity contribution >= 4 is 39.1 Å². The molecule has 1 fully saturated rings. The van der Waals surface area contributed by atoms with Crippen molar-refractivity contribution in [3.05, 3.63) is 53.1 Å². The second-order valence-corrected chi connectivity index (χ2v) is 9.37. The number of carbonyl (C=O) groups is 1. The molecular weight excluding hydrogens is 418 g/mol. The van der Waals surface area contributed by atoms with Gasteiger partial charge in [0, 0.05) is 37.2 Å². The van der Waals surface area contributed by atoms with Gasteiger partial charge in [-0.2, -0.15) is 0 Å². The van der Waals surface area contributed by atoms with E-state index in [1.54, 1.807) is 0 Å². The lowest BCUT2D eigenvalue weighted by atomic mass is 9.99. The number of hydrogen-bond acceptors (Lipinski definition) is 5. The van der Waals surface area contributed by atoms with Crippen molar-refractivity contribution in [2.24, 2.45) is 0 Å². The molecule has 0 spiro atoms. The van der Waals surface area contributed by atoms with Crippen LogP contribution < -0.4 is 4.74 Å². The number of amides is 1. The number of nitrogens with zero attached hydrogens (tertiary/aromatic N) is 3. The van der Waals surface area contributed by atoms with E-state index >= 15 is 0 Å². The molecular formula is C23H26ClN3O2S. The maximum absolute atomic E-state index is 12.9. The van der Waals surface area contributed by atoms with Crippen LogP contribution >= 0.6 is 22.9 Å². The molecule has 2 aromatic carbocycles. The molecule has 2 heterocycles. The van der Waals surface area contributed by atoms with E-state index in [2.05, 4.69) is 23.7 Å². The molecule has 30 heavy (non-hydrogen) atoms. The van der Waals surface area contributed by atoms with Crippen LogP contribution in [0.5, 0.6) is 10.9 Å². The molecule has 7 heteroatoms. The number of rotatable bonds is 5. The van der Waals surface area contributed by atoms with E-state index in [4.69, 9.17) is 16.3 Å². The molecule has 0 N–H and O–H groups in total. The normalized spacial score (nSPS) is 16.2. The number of fused-ring (bicyclic) bond motifs is 1. The highest BCUT2D eigenvalue weighted by Crippen LogP contribution is 2.33. The van der Waals surface area contributed by atoms with Crippen LogP contribution in [0, 0.1) is 0 Å². The lowest BCUT2D eigenvalue weighted by Gasteiger charge is -2.38. The minimum atomic E-state index is -0.172. The molecule has 3 aromatic rings. The van der Waals surface area contributed by atoms with Crippen molar-refractivity contribution in [3.8, 4) is 10.9 Å². The average Bonchev–Trinajstić information content (AvgIpc) is 3.14. The Morgan fingerprint density at radius 1 is 1.07 bits per heavy atom. The van der Waals surface area contributed by atoms with E-state index in [9.17, 15) is 4.79 Å². The molecule has 1 saturated heterocycles. The predicted molar refractivity (Wildman–Crippen MR) is 123 cm³/mol. The van der Waals surface area contributed by atoms with Gasteiger partial charge in [-0.25, -0.2) is 4.98 Å². The summed E-state index contributed by atoms with van der Waals surface area (Å²) in [4.78, 5) is 21.8. The summed E-state index contributed by atoms with van der Waals surface area (Å²) in [6.45, 7) is 9.85. The zero-order valence-electron chi connectivity index (χ0n) is 17.5. The van der Waals surface area contributed by atoms with Gasteiger partial charge in [-0.1, -0.05) is 35.1 Å². The molecule has 0 radical (unpaired) electrons. The Morgan fingerprint density at radius 2 is 1.77 bits per heavy atom. The van der Waals surface area contributed by atoms with Gasteiger partial charge in [-0.05, 0) is 56.7 Å². The summed E-state index contributed by atoms with van der Waals surface area (Å²) < 4.78 is 6.90. The Bertz CT molecular complexity index is 1030. The number of halogens is 1. The molecule has 1 unspecified atom stereocenters. The third kappa shape index (κ3) is 4.61. The molecule has 0 saturated carbocycles. The number of carbonyl (C=O) groups excluding carboxylic acids is 1. The van der Waals surface area contributed by atoms with Gasteiger partial charge in [0.1, 0.15) is 5.75 Å². The van der Waals surface area contributed by atoms with E-state index in [1.807, 2.05) is 54.3 Å². The zero-order chi connectivity index (χ0) is 21.3. The van der Waals surface area contributed by atoms with E-state index in [0.29, 0.717) is 22.0 Å². The van der Waals surface area contributed by atoms with Crippen LogP contribution in [-0.2, 0) is 4.79 Å². The van der Waals surface area contributed by atoms with Crippen LogP contribution in [-0.4, -0.2) is 52.9 Å². The van der Waals surface area contributed by atoms with Gasteiger partial charge in [0.2, 0.25) is 5.91 Å². The quantitative estimate of drug-likeness (QED) is 0.529. The Hall–Kier alpha value is -2.15. The van der Waals surface area contributed by atoms with Gasteiger partial charge in [-0.3, -0.25) is 9.69 Å². The lowest BCUT2D eigenvalue weighted by molar-refractivity contribution is -0.134. The number of benzene rings is 2. The second kappa shape index (κ2) is 8.92. The second-order valence-electron chi connectivity index (χ2n) is 7.94. The van der Waals surface area contributed by atoms with Gasteiger partial charge >= 0.3 is 0 Å². The number of hydrogen-bond donors (Lipinski definition) is 0. The van der Waals surface area contributed by atoms with Gasteiger partial charge in [0.05, 0.1) is 16.1 Å². The average molecular weight is 444 g/mol. The Kier molecular flexibility index (Phi) is 6.27. The maximum Gasteiger partial charge on any atom is 0.279 e. The minimum Gasteiger partial charge on any atom is -0.431 e. The van der Waals surface area contributed by atoms with Gasteiger partial charge in [0.15, 0.2) is 0 Å². The van der Waals surface area contributed by atoms with Crippen LogP contribution in [0.25, 0.3) is 10.2 Å². The highest BCUT2D eigenvalue weighted by molar-refractivity contribution is 7.20. The largest absolute Gasteiger partial charge is 0.431 e. The lowest BCUT2D eigenvalue weighted by Crippen LogP contribution is -2.51. The first-order chi connectivity index (χ1) is 14.4. The molecule has 158 valence electrons. The first-order valence-electron chi connectivity index (χ1n) is 10.3. The van der Waals surface area contributed by atoms with Crippen molar-refractivity contribution in [2.45, 2.75) is 32.7 Å². The van der Waals surface area contributed by atoms with Gasteiger partial charge in [0.25, 0.3) is 5.19 Å². The zero-order valence-corrected chi connectivity index (χ0v) is 19.0. The SMILES string of the molecule is CC(C(=O)N1CCN(C(C)C)CC1)c1ccc(Oc2nc3ccc(Cl)cc3s2)cc1. The Morgan fingerprint density at radius 3 is 2.43 bits per heavy atom. The molecule has 4 rings (SSSR count). The van der Waals surface area contributed by atoms with E-state index in [1.165, 1.54) is 11.3 Å². The molecule has 5 nitrogen and oxygen atoms in total. The smallest absolute Gasteiger partial charge is 0.279 e. The van der Waals surface area contributed by atoms with Crippen LogP contribution in [0.2, 0.25) is 5.02 Å². The summed E-state index contributed by atoms with van der Waals surface area (Å²) in [5, 5.41) is 1.26. The topological polar surface area (TPSA) is 45.7 Å². The van der Waals surface area contributed by atoms with Crippen molar-refractivity contribution in [1.29, 1.82) is 0 Å². The summed E-state index contributed by atoms with van der Waals surface area (Å²) in [5.41, 5.74) is 1.86. The van der Waals surface area contributed by atoms with Gasteiger partial charge in [-0.15, -0.1) is 0 Å². The number of thiazole rings is 1. The minimum absolute atomic E-state index is 0.172. The highest BCUT2D eigenvalue weighted by Gasteiger charge is 2.26. The monoisotopic (exact) mass is 443 g/mol. The van der Waals surface area contributed by atoms with E-state index in [0.717, 1.165) is 42.0 Å². The fourth-order valence-electron chi connectivity index (χ4n) is 3.72. The summed E-state index contributed by atoms with van der Waals surface area (Å²) >= 11 is 7.50. The first kappa shape index (κ1) is 21.1. The van der Waals surface area contributed by atoms with Crippen LogP contribution in [0.3, 0.4) is 0 Å². The molecule has 1 atom stereocenters. The van der Waals surface area contributed by atoms with Crippen LogP contribution in [0.15, 0.2) is 42.5 Å². The molecule has 0 bridgehead atoms. The van der Waals surface area contributed by atoms with Crippen LogP contribution in [0.4, 0.5) is 0 Å². The molecule has 1 aliphatic rings. The Balaban J connectivity index is 1.39. The van der Waals surface area contributed by atoms with Crippen molar-refractivity contribution in [2.75, 3.05) is 26.2 Å². The van der Waals surface area contributed by atoms with E-state index < -0.39 is 0 Å². The third-order valence-corrected chi connectivity index (χ3v) is 6.77. The van der Waals surface area contributed by atoms with E-state index in [-0.39, 0.29) is 11.8 Å². The first-order valence-corrected chi connectivity index (χ1v) is 11.5. The number of piperazine rings is 1. The molecule has 1 aromatic heterocycles. The third-order valence-electron chi connectivity index (χ3n) is 5.64. The van der Waals surface area contributed by atoms with Crippen molar-refractivity contribution < 1.29 is 9.53 Å². The summed E-state index contributed by atoms with van der Waals surface area (Å²) in [6.07, 6.45) is 0. The van der Waals surface area contributed by atoms with Crippen molar-refractivity contribution in [1.82, 2.24) is 14.8 Å². The maximum atomic E-state index is 12.9. The fourth-order valence-corrected chi connectivity index (χ4v) is 4.83. The van der Waals surface area contributed by atoms with Crippen LogP contribution in [0.1, 0.15) is 32.3 Å². The summed E-state index contributed by atoms with van der Waals surface area (Å²) in [6, 6.07) is 13.8. The highest BCUT2D eigenvalue weighted by atomic mass is 35.5. The van der Waals surface area contributed by atoms with Crippen molar-refractivity contribution in [3.63, 3.8) is 0 Å². The fraction of sp³-hybridized carbons (Fsp3) is 0.391. The predicted octanol–water partition coefficient (Wildman–Crippen LogP) is 5.40. The Labute approximate surface area is 186 Å².